The zero-order valence-electron chi connectivity index (χ0n) is 15.3. The normalized spacial score (nSPS) is 10.8. The first kappa shape index (κ1) is 19.6. The summed E-state index contributed by atoms with van der Waals surface area (Å²) < 4.78 is 4.74. The topological polar surface area (TPSA) is 67.4 Å². The van der Waals surface area contributed by atoms with Crippen LogP contribution in [0.4, 0.5) is 5.69 Å². The van der Waals surface area contributed by atoms with Gasteiger partial charge in [-0.2, -0.15) is 0 Å². The van der Waals surface area contributed by atoms with Crippen LogP contribution < -0.4 is 10.6 Å². The Labute approximate surface area is 158 Å². The summed E-state index contributed by atoms with van der Waals surface area (Å²) in [5.74, 6) is -0.807. The molecule has 0 fully saturated rings. The van der Waals surface area contributed by atoms with Crippen molar-refractivity contribution in [3.05, 3.63) is 65.2 Å². The van der Waals surface area contributed by atoms with Gasteiger partial charge in [0.1, 0.15) is 0 Å². The molecule has 0 aliphatic heterocycles. The molecule has 5 nitrogen and oxygen atoms in total. The van der Waals surface area contributed by atoms with Crippen molar-refractivity contribution in [2.75, 3.05) is 12.4 Å². The number of benzene rings is 2. The van der Waals surface area contributed by atoms with Crippen LogP contribution >= 0.6 is 12.2 Å². The number of hydrogen-bond donors (Lipinski definition) is 2. The number of amides is 1. The molecule has 0 aliphatic rings. The number of ether oxygens (including phenoxy) is 1. The van der Waals surface area contributed by atoms with Crippen LogP contribution in [-0.4, -0.2) is 24.1 Å². The molecular weight excluding hydrogens is 348 g/mol. The van der Waals surface area contributed by atoms with Gasteiger partial charge in [-0.3, -0.25) is 10.1 Å². The van der Waals surface area contributed by atoms with Crippen molar-refractivity contribution in [2.45, 2.75) is 26.2 Å². The highest BCUT2D eigenvalue weighted by Crippen LogP contribution is 2.22. The molecular formula is C20H22N2O3S. The van der Waals surface area contributed by atoms with Crippen molar-refractivity contribution in [2.24, 2.45) is 0 Å². The molecule has 0 aromatic heterocycles. The highest BCUT2D eigenvalue weighted by Gasteiger charge is 2.16. The van der Waals surface area contributed by atoms with E-state index in [1.807, 2.05) is 12.1 Å². The van der Waals surface area contributed by atoms with Crippen LogP contribution in [0.3, 0.4) is 0 Å². The Hall–Kier alpha value is -2.73. The smallest absolute Gasteiger partial charge is 0.339 e. The lowest BCUT2D eigenvalue weighted by Crippen LogP contribution is -2.34. The van der Waals surface area contributed by atoms with Gasteiger partial charge in [0, 0.05) is 5.56 Å². The zero-order valence-corrected chi connectivity index (χ0v) is 16.1. The first-order valence-electron chi connectivity index (χ1n) is 8.12. The van der Waals surface area contributed by atoms with Crippen molar-refractivity contribution < 1.29 is 14.3 Å². The number of methoxy groups -OCH3 is 1. The number of carbonyl (C=O) groups excluding carboxylic acids is 2. The van der Waals surface area contributed by atoms with Gasteiger partial charge in [-0.05, 0) is 47.5 Å². The molecule has 136 valence electrons. The zero-order chi connectivity index (χ0) is 19.3. The summed E-state index contributed by atoms with van der Waals surface area (Å²) in [7, 11) is 1.31. The number of para-hydroxylation sites is 1. The second kappa shape index (κ2) is 8.10. The van der Waals surface area contributed by atoms with Gasteiger partial charge >= 0.3 is 5.97 Å². The number of esters is 1. The fourth-order valence-corrected chi connectivity index (χ4v) is 2.53. The van der Waals surface area contributed by atoms with Crippen molar-refractivity contribution in [3.8, 4) is 0 Å². The summed E-state index contributed by atoms with van der Waals surface area (Å²) in [6.07, 6.45) is 0. The second-order valence-corrected chi connectivity index (χ2v) is 7.18. The van der Waals surface area contributed by atoms with E-state index in [1.54, 1.807) is 36.4 Å². The maximum Gasteiger partial charge on any atom is 0.339 e. The Balaban J connectivity index is 2.06. The van der Waals surface area contributed by atoms with Crippen LogP contribution in [0.1, 0.15) is 47.1 Å². The fourth-order valence-electron chi connectivity index (χ4n) is 2.33. The minimum Gasteiger partial charge on any atom is -0.465 e. The molecule has 0 unspecified atom stereocenters. The minimum absolute atomic E-state index is 0.0173. The van der Waals surface area contributed by atoms with Crippen LogP contribution in [0.25, 0.3) is 0 Å². The van der Waals surface area contributed by atoms with Crippen molar-refractivity contribution in [1.82, 2.24) is 5.32 Å². The lowest BCUT2D eigenvalue weighted by atomic mass is 9.87. The Morgan fingerprint density at radius 2 is 1.62 bits per heavy atom. The summed E-state index contributed by atoms with van der Waals surface area (Å²) in [6.45, 7) is 6.33. The van der Waals surface area contributed by atoms with E-state index in [4.69, 9.17) is 17.0 Å². The Morgan fingerprint density at radius 1 is 1.00 bits per heavy atom. The Kier molecular flexibility index (Phi) is 6.10. The molecule has 0 bridgehead atoms. The van der Waals surface area contributed by atoms with E-state index in [0.29, 0.717) is 16.8 Å². The van der Waals surface area contributed by atoms with Crippen LogP contribution in [0.15, 0.2) is 48.5 Å². The summed E-state index contributed by atoms with van der Waals surface area (Å²) in [4.78, 5) is 24.1. The SMILES string of the molecule is COC(=O)c1ccccc1NC(=S)NC(=O)c1ccc(C(C)(C)C)cc1. The first-order chi connectivity index (χ1) is 12.2. The summed E-state index contributed by atoms with van der Waals surface area (Å²) in [5.41, 5.74) is 2.46. The predicted octanol–water partition coefficient (Wildman–Crippen LogP) is 3.90. The lowest BCUT2D eigenvalue weighted by Gasteiger charge is -2.19. The van der Waals surface area contributed by atoms with Gasteiger partial charge in [0.25, 0.3) is 5.91 Å². The van der Waals surface area contributed by atoms with Gasteiger partial charge in [-0.15, -0.1) is 0 Å². The molecule has 2 rings (SSSR count). The number of thiocarbonyl (C=S) groups is 1. The second-order valence-electron chi connectivity index (χ2n) is 6.77. The molecule has 0 radical (unpaired) electrons. The quantitative estimate of drug-likeness (QED) is 0.634. The third-order valence-corrected chi connectivity index (χ3v) is 4.02. The molecule has 0 atom stereocenters. The van der Waals surface area contributed by atoms with E-state index < -0.39 is 5.97 Å². The van der Waals surface area contributed by atoms with Crippen LogP contribution in [-0.2, 0) is 10.2 Å². The standard InChI is InChI=1S/C20H22N2O3S/c1-20(2,3)14-11-9-13(10-12-14)17(23)22-19(26)21-16-8-6-5-7-15(16)18(24)25-4/h5-12H,1-4H3,(H2,21,22,23,26). The molecule has 2 aromatic carbocycles. The number of hydrogen-bond acceptors (Lipinski definition) is 4. The maximum absolute atomic E-state index is 12.4. The number of rotatable bonds is 3. The van der Waals surface area contributed by atoms with Gasteiger partial charge in [0.2, 0.25) is 0 Å². The molecule has 0 saturated carbocycles. The van der Waals surface area contributed by atoms with Gasteiger partial charge < -0.3 is 10.1 Å². The molecule has 0 saturated heterocycles. The molecule has 0 aliphatic carbocycles. The number of carbonyl (C=O) groups is 2. The molecule has 1 amide bonds. The average molecular weight is 370 g/mol. The highest BCUT2D eigenvalue weighted by molar-refractivity contribution is 7.80. The molecule has 2 N–H and O–H groups in total. The van der Waals surface area contributed by atoms with Gasteiger partial charge in [-0.1, -0.05) is 45.0 Å². The molecule has 26 heavy (non-hydrogen) atoms. The summed E-state index contributed by atoms with van der Waals surface area (Å²) in [6, 6.07) is 14.2. The van der Waals surface area contributed by atoms with Gasteiger partial charge in [0.05, 0.1) is 18.4 Å². The monoisotopic (exact) mass is 370 g/mol. The lowest BCUT2D eigenvalue weighted by molar-refractivity contribution is 0.0602. The van der Waals surface area contributed by atoms with Crippen LogP contribution in [0.5, 0.6) is 0 Å². The third-order valence-electron chi connectivity index (χ3n) is 3.82. The number of anilines is 1. The first-order valence-corrected chi connectivity index (χ1v) is 8.53. The fraction of sp³-hybridized carbons (Fsp3) is 0.250. The average Bonchev–Trinajstić information content (AvgIpc) is 2.60. The van der Waals surface area contributed by atoms with Crippen molar-refractivity contribution >= 4 is 34.9 Å². The minimum atomic E-state index is -0.486. The van der Waals surface area contributed by atoms with Crippen LogP contribution in [0, 0.1) is 0 Å². The number of nitrogens with one attached hydrogen (secondary N) is 2. The summed E-state index contributed by atoms with van der Waals surface area (Å²) >= 11 is 5.18. The van der Waals surface area contributed by atoms with Gasteiger partial charge in [-0.25, -0.2) is 4.79 Å². The van der Waals surface area contributed by atoms with E-state index in [0.717, 1.165) is 5.56 Å². The van der Waals surface area contributed by atoms with E-state index in [-0.39, 0.29) is 16.4 Å². The Bertz CT molecular complexity index is 824. The molecule has 2 aromatic rings. The van der Waals surface area contributed by atoms with E-state index in [9.17, 15) is 9.59 Å². The highest BCUT2D eigenvalue weighted by atomic mass is 32.1. The van der Waals surface area contributed by atoms with E-state index in [1.165, 1.54) is 7.11 Å². The van der Waals surface area contributed by atoms with E-state index in [2.05, 4.69) is 31.4 Å². The van der Waals surface area contributed by atoms with E-state index >= 15 is 0 Å². The maximum atomic E-state index is 12.4. The van der Waals surface area contributed by atoms with Crippen molar-refractivity contribution in [1.29, 1.82) is 0 Å². The largest absolute Gasteiger partial charge is 0.465 e. The molecule has 0 spiro atoms. The summed E-state index contributed by atoms with van der Waals surface area (Å²) in [5, 5.41) is 5.58. The molecule has 6 heteroatoms. The third kappa shape index (κ3) is 4.89. The molecule has 0 heterocycles. The van der Waals surface area contributed by atoms with Crippen LogP contribution in [0.2, 0.25) is 0 Å². The Morgan fingerprint density at radius 3 is 2.19 bits per heavy atom. The van der Waals surface area contributed by atoms with Crippen molar-refractivity contribution in [3.63, 3.8) is 0 Å². The predicted molar refractivity (Wildman–Crippen MR) is 107 cm³/mol. The van der Waals surface area contributed by atoms with Gasteiger partial charge in [0.15, 0.2) is 5.11 Å².